The topological polar surface area (TPSA) is 80.4 Å². The molecular formula is C5H10NO3P. The number of amides is 1. The number of carbonyl (C=O) groups excluding carboxylic acids is 1. The molecule has 0 spiro atoms. The molecule has 5 heteroatoms. The lowest BCUT2D eigenvalue weighted by Gasteiger charge is -2.04. The fourth-order valence-electron chi connectivity index (χ4n) is 0.514. The minimum absolute atomic E-state index is 0.0513. The van der Waals surface area contributed by atoms with Crippen LogP contribution in [-0.2, 0) is 9.59 Å². The third-order valence-corrected chi connectivity index (χ3v) is 2.20. The highest BCUT2D eigenvalue weighted by atomic mass is 31.1. The maximum absolute atomic E-state index is 10.3. The average Bonchev–Trinajstić information content (AvgIpc) is 1.81. The average molecular weight is 163 g/mol. The molecule has 0 rings (SSSR count). The molecule has 0 bridgehead atoms. The first kappa shape index (κ1) is 9.37. The Morgan fingerprint density at radius 2 is 2.20 bits per heavy atom. The molecule has 0 aliphatic carbocycles. The van der Waals surface area contributed by atoms with Crippen molar-refractivity contribution >= 4 is 20.5 Å². The second-order valence-corrected chi connectivity index (χ2v) is 3.12. The Kier molecular flexibility index (Phi) is 3.96. The lowest BCUT2D eigenvalue weighted by molar-refractivity contribution is -0.137. The summed E-state index contributed by atoms with van der Waals surface area (Å²) in [6.45, 7) is 1.74. The van der Waals surface area contributed by atoms with Crippen molar-refractivity contribution in [2.24, 2.45) is 5.73 Å². The van der Waals surface area contributed by atoms with E-state index in [4.69, 9.17) is 10.8 Å². The normalized spacial score (nSPS) is 13.7. The first-order valence-corrected chi connectivity index (χ1v) is 4.34. The number of carboxylic acids is 1. The third-order valence-electron chi connectivity index (χ3n) is 1.05. The van der Waals surface area contributed by atoms with E-state index in [1.165, 1.54) is 0 Å². The molecule has 0 heterocycles. The van der Waals surface area contributed by atoms with Crippen molar-refractivity contribution in [3.8, 4) is 0 Å². The molecule has 2 unspecified atom stereocenters. The standard InChI is InChI=1S/C5H10NO3P/c1-10-3(5(8)9)2-4(6)7/h3,10H,2H2,1H3,(H2,6,7)(H,8,9). The molecule has 0 aromatic carbocycles. The van der Waals surface area contributed by atoms with Crippen LogP contribution in [0.3, 0.4) is 0 Å². The molecule has 58 valence electrons. The molecule has 0 fully saturated rings. The van der Waals surface area contributed by atoms with Crippen LogP contribution >= 0.6 is 8.58 Å². The van der Waals surface area contributed by atoms with E-state index in [0.717, 1.165) is 0 Å². The van der Waals surface area contributed by atoms with Crippen molar-refractivity contribution in [1.29, 1.82) is 0 Å². The molecule has 0 saturated heterocycles. The van der Waals surface area contributed by atoms with Crippen molar-refractivity contribution in [1.82, 2.24) is 0 Å². The zero-order valence-corrected chi connectivity index (χ0v) is 6.63. The highest BCUT2D eigenvalue weighted by Gasteiger charge is 2.16. The largest absolute Gasteiger partial charge is 0.481 e. The Balaban J connectivity index is 3.83. The summed E-state index contributed by atoms with van der Waals surface area (Å²) in [6, 6.07) is 0. The lowest BCUT2D eigenvalue weighted by Crippen LogP contribution is -2.23. The fraction of sp³-hybridized carbons (Fsp3) is 0.600. The number of carboxylic acid groups (broad SMARTS) is 1. The summed E-state index contributed by atoms with van der Waals surface area (Å²) in [7, 11) is 0.222. The van der Waals surface area contributed by atoms with Crippen LogP contribution in [0.4, 0.5) is 0 Å². The maximum Gasteiger partial charge on any atom is 0.311 e. The summed E-state index contributed by atoms with van der Waals surface area (Å²) in [6.07, 6.45) is -0.0513. The van der Waals surface area contributed by atoms with Gasteiger partial charge in [0.05, 0.1) is 5.66 Å². The second-order valence-electron chi connectivity index (χ2n) is 1.85. The highest BCUT2D eigenvalue weighted by Crippen LogP contribution is 2.16. The van der Waals surface area contributed by atoms with Crippen molar-refractivity contribution in [2.75, 3.05) is 6.66 Å². The van der Waals surface area contributed by atoms with E-state index in [1.807, 2.05) is 0 Å². The summed E-state index contributed by atoms with van der Waals surface area (Å²) < 4.78 is 0. The van der Waals surface area contributed by atoms with E-state index < -0.39 is 17.5 Å². The Hall–Kier alpha value is -0.630. The van der Waals surface area contributed by atoms with Gasteiger partial charge in [-0.05, 0) is 6.66 Å². The van der Waals surface area contributed by atoms with Gasteiger partial charge >= 0.3 is 5.97 Å². The van der Waals surface area contributed by atoms with Gasteiger partial charge in [0.1, 0.15) is 0 Å². The Morgan fingerprint density at radius 3 is 2.30 bits per heavy atom. The molecule has 4 nitrogen and oxygen atoms in total. The summed E-state index contributed by atoms with van der Waals surface area (Å²) in [5.74, 6) is -1.50. The number of hydrogen-bond donors (Lipinski definition) is 2. The molecule has 0 aliphatic heterocycles. The number of nitrogens with two attached hydrogens (primary N) is 1. The molecule has 10 heavy (non-hydrogen) atoms. The van der Waals surface area contributed by atoms with E-state index >= 15 is 0 Å². The summed E-state index contributed by atoms with van der Waals surface area (Å²) in [5.41, 5.74) is 4.22. The maximum atomic E-state index is 10.3. The van der Waals surface area contributed by atoms with Gasteiger partial charge in [-0.25, -0.2) is 0 Å². The van der Waals surface area contributed by atoms with Crippen LogP contribution < -0.4 is 5.73 Å². The van der Waals surface area contributed by atoms with Crippen LogP contribution in [0.2, 0.25) is 0 Å². The number of primary amides is 1. The molecule has 3 N–H and O–H groups in total. The minimum atomic E-state index is -0.945. The molecule has 0 saturated carbocycles. The van der Waals surface area contributed by atoms with Gasteiger partial charge in [-0.3, -0.25) is 9.59 Å². The Labute approximate surface area is 60.6 Å². The van der Waals surface area contributed by atoms with Gasteiger partial charge in [0.15, 0.2) is 0 Å². The van der Waals surface area contributed by atoms with Crippen LogP contribution in [-0.4, -0.2) is 29.3 Å². The number of carbonyl (C=O) groups is 2. The molecule has 0 aromatic rings. The zero-order valence-electron chi connectivity index (χ0n) is 5.63. The molecule has 0 radical (unpaired) electrons. The second kappa shape index (κ2) is 4.23. The molecule has 0 aromatic heterocycles. The van der Waals surface area contributed by atoms with Crippen LogP contribution in [0.15, 0.2) is 0 Å². The summed E-state index contributed by atoms with van der Waals surface area (Å²) >= 11 is 0. The van der Waals surface area contributed by atoms with Crippen molar-refractivity contribution in [3.63, 3.8) is 0 Å². The zero-order chi connectivity index (χ0) is 8.15. The minimum Gasteiger partial charge on any atom is -0.481 e. The number of aliphatic carboxylic acids is 1. The van der Waals surface area contributed by atoms with E-state index in [2.05, 4.69) is 0 Å². The van der Waals surface area contributed by atoms with Gasteiger partial charge < -0.3 is 10.8 Å². The number of rotatable bonds is 4. The van der Waals surface area contributed by atoms with Gasteiger partial charge in [-0.15, -0.1) is 8.58 Å². The lowest BCUT2D eigenvalue weighted by atomic mass is 10.3. The van der Waals surface area contributed by atoms with Crippen molar-refractivity contribution in [2.45, 2.75) is 12.1 Å². The molecule has 0 aliphatic rings. The van der Waals surface area contributed by atoms with Gasteiger partial charge in [0.25, 0.3) is 0 Å². The van der Waals surface area contributed by atoms with E-state index in [9.17, 15) is 9.59 Å². The van der Waals surface area contributed by atoms with Crippen LogP contribution in [0.25, 0.3) is 0 Å². The monoisotopic (exact) mass is 163 g/mol. The van der Waals surface area contributed by atoms with Crippen molar-refractivity contribution in [3.05, 3.63) is 0 Å². The Morgan fingerprint density at radius 1 is 1.70 bits per heavy atom. The molecular weight excluding hydrogens is 153 g/mol. The first-order chi connectivity index (χ1) is 4.57. The molecule has 2 atom stereocenters. The number of hydrogen-bond acceptors (Lipinski definition) is 2. The SMILES string of the molecule is CPC(CC(N)=O)C(=O)O. The van der Waals surface area contributed by atoms with Crippen LogP contribution in [0.1, 0.15) is 6.42 Å². The van der Waals surface area contributed by atoms with Gasteiger partial charge in [0.2, 0.25) is 5.91 Å². The quantitative estimate of drug-likeness (QED) is 0.554. The smallest absolute Gasteiger partial charge is 0.311 e. The van der Waals surface area contributed by atoms with Crippen LogP contribution in [0.5, 0.6) is 0 Å². The summed E-state index contributed by atoms with van der Waals surface area (Å²) in [5, 5.41) is 8.42. The fourth-order valence-corrected chi connectivity index (χ4v) is 1.17. The third kappa shape index (κ3) is 3.41. The van der Waals surface area contributed by atoms with E-state index in [-0.39, 0.29) is 15.0 Å². The van der Waals surface area contributed by atoms with Gasteiger partial charge in [-0.2, -0.15) is 0 Å². The molecule has 1 amide bonds. The first-order valence-electron chi connectivity index (χ1n) is 2.76. The van der Waals surface area contributed by atoms with Gasteiger partial charge in [0, 0.05) is 6.42 Å². The Bertz CT molecular complexity index is 148. The van der Waals surface area contributed by atoms with E-state index in [1.54, 1.807) is 6.66 Å². The predicted molar refractivity (Wildman–Crippen MR) is 39.5 cm³/mol. The van der Waals surface area contributed by atoms with Crippen molar-refractivity contribution < 1.29 is 14.7 Å². The van der Waals surface area contributed by atoms with Crippen LogP contribution in [0, 0.1) is 0 Å². The summed E-state index contributed by atoms with van der Waals surface area (Å²) in [4.78, 5) is 20.5. The highest BCUT2D eigenvalue weighted by molar-refractivity contribution is 7.39. The van der Waals surface area contributed by atoms with Gasteiger partial charge in [-0.1, -0.05) is 0 Å². The predicted octanol–water partition coefficient (Wildman–Crippen LogP) is -0.377. The van der Waals surface area contributed by atoms with E-state index in [0.29, 0.717) is 0 Å².